The number of rotatable bonds is 8. The van der Waals surface area contributed by atoms with Gasteiger partial charge in [0.1, 0.15) is 24.4 Å². The number of benzene rings is 2. The Morgan fingerprint density at radius 1 is 1.03 bits per heavy atom. The zero-order valence-electron chi connectivity index (χ0n) is 18.7. The summed E-state index contributed by atoms with van der Waals surface area (Å²) in [6.45, 7) is 5.95. The smallest absolute Gasteiger partial charge is 0.274 e. The maximum Gasteiger partial charge on any atom is 0.274 e. The summed E-state index contributed by atoms with van der Waals surface area (Å²) in [4.78, 5) is 33.2. The van der Waals surface area contributed by atoms with E-state index >= 15 is 0 Å². The van der Waals surface area contributed by atoms with Crippen molar-refractivity contribution in [3.63, 3.8) is 0 Å². The van der Waals surface area contributed by atoms with Crippen molar-refractivity contribution in [1.82, 2.24) is 19.2 Å². The number of carbonyl (C=O) groups is 1. The fourth-order valence-corrected chi connectivity index (χ4v) is 3.18. The molecule has 4 aromatic rings. The molecule has 1 amide bonds. The van der Waals surface area contributed by atoms with Crippen LogP contribution in [0.3, 0.4) is 0 Å². The normalized spacial score (nSPS) is 11.0. The van der Waals surface area contributed by atoms with Crippen molar-refractivity contribution in [3.8, 4) is 11.5 Å². The van der Waals surface area contributed by atoms with Crippen LogP contribution in [-0.4, -0.2) is 31.7 Å². The number of hydrogen-bond donors (Lipinski definition) is 1. The number of ether oxygens (including phenoxy) is 2. The molecule has 1 N–H and O–H groups in total. The van der Waals surface area contributed by atoms with E-state index in [0.29, 0.717) is 28.7 Å². The summed E-state index contributed by atoms with van der Waals surface area (Å²) in [5.41, 5.74) is 2.02. The van der Waals surface area contributed by atoms with Gasteiger partial charge in [0.15, 0.2) is 6.61 Å². The second-order valence-electron chi connectivity index (χ2n) is 7.88. The number of amides is 1. The second kappa shape index (κ2) is 9.56. The SMILES string of the molecule is Cc1ccc(OCC(=O)Nc2ccc(OCc3cc(=O)n4c(ncn4C(C)C)n3)cc2)cc1. The van der Waals surface area contributed by atoms with E-state index in [1.54, 1.807) is 35.3 Å². The molecule has 2 aromatic heterocycles. The van der Waals surface area contributed by atoms with E-state index < -0.39 is 0 Å². The number of nitrogens with one attached hydrogen (secondary N) is 1. The molecular formula is C24H25N5O4. The molecule has 9 nitrogen and oxygen atoms in total. The third kappa shape index (κ3) is 5.38. The van der Waals surface area contributed by atoms with Gasteiger partial charge in [-0.25, -0.2) is 4.98 Å². The molecule has 0 fully saturated rings. The fourth-order valence-electron chi connectivity index (χ4n) is 3.18. The average molecular weight is 447 g/mol. The molecular weight excluding hydrogens is 422 g/mol. The first-order valence-electron chi connectivity index (χ1n) is 10.6. The summed E-state index contributed by atoms with van der Waals surface area (Å²) >= 11 is 0. The Bertz CT molecular complexity index is 1310. The molecule has 0 aliphatic carbocycles. The molecule has 9 heteroatoms. The maximum atomic E-state index is 12.5. The monoisotopic (exact) mass is 447 g/mol. The summed E-state index contributed by atoms with van der Waals surface area (Å²) in [5.74, 6) is 1.30. The number of aryl methyl sites for hydroxylation is 1. The van der Waals surface area contributed by atoms with Crippen LogP contribution in [0.2, 0.25) is 0 Å². The zero-order valence-corrected chi connectivity index (χ0v) is 18.7. The van der Waals surface area contributed by atoms with E-state index in [4.69, 9.17) is 9.47 Å². The van der Waals surface area contributed by atoms with Crippen molar-refractivity contribution in [2.24, 2.45) is 0 Å². The van der Waals surface area contributed by atoms with Gasteiger partial charge in [-0.15, -0.1) is 0 Å². The van der Waals surface area contributed by atoms with Crippen LogP contribution in [0, 0.1) is 6.92 Å². The molecule has 0 radical (unpaired) electrons. The van der Waals surface area contributed by atoms with Crippen LogP contribution in [0.15, 0.2) is 65.7 Å². The Labute approximate surface area is 190 Å². The van der Waals surface area contributed by atoms with E-state index in [2.05, 4.69) is 15.3 Å². The lowest BCUT2D eigenvalue weighted by atomic mass is 10.2. The molecule has 0 aliphatic rings. The van der Waals surface area contributed by atoms with Gasteiger partial charge < -0.3 is 14.8 Å². The molecule has 2 heterocycles. The van der Waals surface area contributed by atoms with E-state index in [9.17, 15) is 9.59 Å². The molecule has 0 saturated heterocycles. The zero-order chi connectivity index (χ0) is 23.4. The van der Waals surface area contributed by atoms with Crippen molar-refractivity contribution in [2.75, 3.05) is 11.9 Å². The number of hydrogen-bond acceptors (Lipinski definition) is 6. The van der Waals surface area contributed by atoms with Crippen LogP contribution in [0.5, 0.6) is 11.5 Å². The minimum absolute atomic E-state index is 0.0857. The van der Waals surface area contributed by atoms with Crippen molar-refractivity contribution >= 4 is 17.4 Å². The second-order valence-corrected chi connectivity index (χ2v) is 7.88. The van der Waals surface area contributed by atoms with Gasteiger partial charge in [0, 0.05) is 17.8 Å². The molecule has 4 rings (SSSR count). The maximum absolute atomic E-state index is 12.5. The van der Waals surface area contributed by atoms with Crippen molar-refractivity contribution < 1.29 is 14.3 Å². The third-order valence-corrected chi connectivity index (χ3v) is 4.90. The highest BCUT2D eigenvalue weighted by atomic mass is 16.5. The number of nitrogens with zero attached hydrogens (tertiary/aromatic N) is 4. The third-order valence-electron chi connectivity index (χ3n) is 4.90. The number of anilines is 1. The number of aromatic nitrogens is 4. The highest BCUT2D eigenvalue weighted by Gasteiger charge is 2.11. The Hall–Kier alpha value is -4.14. The summed E-state index contributed by atoms with van der Waals surface area (Å²) in [7, 11) is 0. The first-order valence-corrected chi connectivity index (χ1v) is 10.6. The van der Waals surface area contributed by atoms with Crippen molar-refractivity contribution in [3.05, 3.63) is 82.5 Å². The van der Waals surface area contributed by atoms with Gasteiger partial charge >= 0.3 is 0 Å². The van der Waals surface area contributed by atoms with Crippen LogP contribution in [0.1, 0.15) is 31.1 Å². The molecule has 0 saturated carbocycles. The first kappa shape index (κ1) is 22.1. The average Bonchev–Trinajstić information content (AvgIpc) is 3.23. The largest absolute Gasteiger partial charge is 0.487 e. The minimum atomic E-state index is -0.261. The molecule has 2 aromatic carbocycles. The molecule has 0 bridgehead atoms. The first-order chi connectivity index (χ1) is 15.9. The molecule has 0 spiro atoms. The van der Waals surface area contributed by atoms with E-state index in [-0.39, 0.29) is 30.7 Å². The van der Waals surface area contributed by atoms with Crippen LogP contribution in [0.4, 0.5) is 5.69 Å². The van der Waals surface area contributed by atoms with Crippen LogP contribution in [0.25, 0.3) is 5.78 Å². The van der Waals surface area contributed by atoms with Crippen LogP contribution < -0.4 is 20.3 Å². The Balaban J connectivity index is 1.32. The summed E-state index contributed by atoms with van der Waals surface area (Å²) in [6.07, 6.45) is 1.60. The van der Waals surface area contributed by atoms with Gasteiger partial charge in [0.25, 0.3) is 17.2 Å². The van der Waals surface area contributed by atoms with Gasteiger partial charge in [0.2, 0.25) is 0 Å². The van der Waals surface area contributed by atoms with Gasteiger partial charge in [-0.1, -0.05) is 17.7 Å². The summed E-state index contributed by atoms with van der Waals surface area (Å²) < 4.78 is 14.4. The molecule has 0 unspecified atom stereocenters. The summed E-state index contributed by atoms with van der Waals surface area (Å²) in [5, 5.41) is 2.78. The fraction of sp³-hybridized carbons (Fsp3) is 0.250. The van der Waals surface area contributed by atoms with E-state index in [0.717, 1.165) is 5.56 Å². The van der Waals surface area contributed by atoms with Gasteiger partial charge in [-0.2, -0.15) is 9.50 Å². The van der Waals surface area contributed by atoms with Crippen LogP contribution >= 0.6 is 0 Å². The topological polar surface area (TPSA) is 99.7 Å². The lowest BCUT2D eigenvalue weighted by molar-refractivity contribution is -0.118. The Morgan fingerprint density at radius 2 is 1.70 bits per heavy atom. The predicted molar refractivity (Wildman–Crippen MR) is 124 cm³/mol. The molecule has 0 atom stereocenters. The van der Waals surface area contributed by atoms with E-state index in [1.165, 1.54) is 10.6 Å². The van der Waals surface area contributed by atoms with Crippen molar-refractivity contribution in [1.29, 1.82) is 0 Å². The quantitative estimate of drug-likeness (QED) is 0.445. The lowest BCUT2D eigenvalue weighted by Gasteiger charge is -2.10. The number of carbonyl (C=O) groups excluding carboxylic acids is 1. The molecule has 33 heavy (non-hydrogen) atoms. The Kier molecular flexibility index (Phi) is 6.39. The lowest BCUT2D eigenvalue weighted by Crippen LogP contribution is -2.23. The molecule has 0 aliphatic heterocycles. The number of fused-ring (bicyclic) bond motifs is 1. The predicted octanol–water partition coefficient (Wildman–Crippen LogP) is 3.38. The summed E-state index contributed by atoms with van der Waals surface area (Å²) in [6, 6.07) is 16.0. The minimum Gasteiger partial charge on any atom is -0.487 e. The highest BCUT2D eigenvalue weighted by Crippen LogP contribution is 2.17. The van der Waals surface area contributed by atoms with E-state index in [1.807, 2.05) is 45.0 Å². The Morgan fingerprint density at radius 3 is 2.39 bits per heavy atom. The van der Waals surface area contributed by atoms with Crippen LogP contribution in [-0.2, 0) is 11.4 Å². The highest BCUT2D eigenvalue weighted by molar-refractivity contribution is 5.91. The standard InChI is InChI=1S/C24H25N5O4/c1-16(2)28-15-25-24-27-19(12-23(31)29(24)28)13-32-21-10-6-18(7-11-21)26-22(30)14-33-20-8-4-17(3)5-9-20/h4-12,15-16H,13-14H2,1-3H3,(H,26,30). The van der Waals surface area contributed by atoms with Gasteiger partial charge in [0.05, 0.1) is 5.69 Å². The van der Waals surface area contributed by atoms with Gasteiger partial charge in [-0.05, 0) is 57.2 Å². The van der Waals surface area contributed by atoms with Gasteiger partial charge in [-0.3, -0.25) is 14.3 Å². The molecule has 170 valence electrons. The van der Waals surface area contributed by atoms with Crippen molar-refractivity contribution in [2.45, 2.75) is 33.4 Å².